The summed E-state index contributed by atoms with van der Waals surface area (Å²) in [5.41, 5.74) is 1.60. The highest BCUT2D eigenvalue weighted by molar-refractivity contribution is 6.04. The summed E-state index contributed by atoms with van der Waals surface area (Å²) < 4.78 is 0. The molecule has 0 radical (unpaired) electrons. The zero-order chi connectivity index (χ0) is 12.3. The van der Waals surface area contributed by atoms with Crippen LogP contribution in [0.3, 0.4) is 0 Å². The van der Waals surface area contributed by atoms with E-state index in [2.05, 4.69) is 20.7 Å². The minimum atomic E-state index is -0.390. The molecule has 0 aliphatic heterocycles. The molecular weight excluding hydrogens is 218 g/mol. The minimum absolute atomic E-state index is 0.220. The SMILES string of the molecule is Cc1n[nH]nc1C(=O)Nc1ccccc1C#N. The molecule has 0 bridgehead atoms. The standard InChI is InChI=1S/C11H9N5O/c1-7-10(15-16-14-7)11(17)13-9-5-3-2-4-8(9)6-12/h2-5H,1H3,(H,13,17)(H,14,15,16). The van der Waals surface area contributed by atoms with Gasteiger partial charge in [0.05, 0.1) is 16.9 Å². The van der Waals surface area contributed by atoms with E-state index in [1.165, 1.54) is 0 Å². The summed E-state index contributed by atoms with van der Waals surface area (Å²) in [6.07, 6.45) is 0. The molecule has 0 saturated carbocycles. The van der Waals surface area contributed by atoms with Gasteiger partial charge in [0.2, 0.25) is 0 Å². The molecule has 2 aromatic rings. The largest absolute Gasteiger partial charge is 0.319 e. The molecule has 0 spiro atoms. The Labute approximate surface area is 97.3 Å². The number of carbonyl (C=O) groups excluding carboxylic acids is 1. The van der Waals surface area contributed by atoms with Crippen LogP contribution >= 0.6 is 0 Å². The van der Waals surface area contributed by atoms with Gasteiger partial charge < -0.3 is 5.32 Å². The monoisotopic (exact) mass is 227 g/mol. The summed E-state index contributed by atoms with van der Waals surface area (Å²) in [5.74, 6) is -0.390. The second kappa shape index (κ2) is 4.45. The number of hydrogen-bond donors (Lipinski definition) is 2. The van der Waals surface area contributed by atoms with Crippen molar-refractivity contribution in [3.05, 3.63) is 41.2 Å². The van der Waals surface area contributed by atoms with Crippen molar-refractivity contribution in [3.63, 3.8) is 0 Å². The van der Waals surface area contributed by atoms with Crippen molar-refractivity contribution in [3.8, 4) is 6.07 Å². The number of nitrogens with one attached hydrogen (secondary N) is 2. The van der Waals surface area contributed by atoms with Gasteiger partial charge in [-0.2, -0.15) is 20.7 Å². The second-order valence-electron chi connectivity index (χ2n) is 3.37. The third-order valence-electron chi connectivity index (χ3n) is 2.23. The maximum absolute atomic E-state index is 11.8. The Kier molecular flexibility index (Phi) is 2.83. The van der Waals surface area contributed by atoms with E-state index in [0.717, 1.165) is 0 Å². The van der Waals surface area contributed by atoms with Gasteiger partial charge in [0.15, 0.2) is 5.69 Å². The number of amides is 1. The lowest BCUT2D eigenvalue weighted by atomic mass is 10.2. The molecule has 0 saturated heterocycles. The third kappa shape index (κ3) is 2.13. The number of aromatic amines is 1. The van der Waals surface area contributed by atoms with Crippen molar-refractivity contribution < 1.29 is 4.79 Å². The first-order chi connectivity index (χ1) is 8.22. The molecule has 6 nitrogen and oxygen atoms in total. The van der Waals surface area contributed by atoms with E-state index in [1.807, 2.05) is 6.07 Å². The van der Waals surface area contributed by atoms with E-state index in [9.17, 15) is 4.79 Å². The lowest BCUT2D eigenvalue weighted by Gasteiger charge is -2.04. The van der Waals surface area contributed by atoms with E-state index in [4.69, 9.17) is 5.26 Å². The van der Waals surface area contributed by atoms with Gasteiger partial charge >= 0.3 is 0 Å². The molecule has 1 amide bonds. The molecule has 2 N–H and O–H groups in total. The zero-order valence-corrected chi connectivity index (χ0v) is 9.06. The van der Waals surface area contributed by atoms with Gasteiger partial charge in [-0.25, -0.2) is 0 Å². The molecule has 2 rings (SSSR count). The summed E-state index contributed by atoms with van der Waals surface area (Å²) in [5, 5.41) is 21.4. The fourth-order valence-corrected chi connectivity index (χ4v) is 1.37. The molecular formula is C11H9N5O. The quantitative estimate of drug-likeness (QED) is 0.806. The Morgan fingerprint density at radius 3 is 2.82 bits per heavy atom. The molecule has 1 aromatic heterocycles. The Balaban J connectivity index is 2.26. The predicted molar refractivity (Wildman–Crippen MR) is 60.2 cm³/mol. The van der Waals surface area contributed by atoms with Gasteiger partial charge in [0.25, 0.3) is 5.91 Å². The Hall–Kier alpha value is -2.68. The van der Waals surface area contributed by atoms with Crippen LogP contribution in [-0.2, 0) is 0 Å². The molecule has 1 heterocycles. The van der Waals surface area contributed by atoms with Crippen LogP contribution in [0.25, 0.3) is 0 Å². The van der Waals surface area contributed by atoms with Crippen molar-refractivity contribution in [2.45, 2.75) is 6.92 Å². The smallest absolute Gasteiger partial charge is 0.278 e. The van der Waals surface area contributed by atoms with Crippen molar-refractivity contribution >= 4 is 11.6 Å². The number of nitriles is 1. The van der Waals surface area contributed by atoms with E-state index in [0.29, 0.717) is 16.9 Å². The van der Waals surface area contributed by atoms with Crippen LogP contribution in [0.4, 0.5) is 5.69 Å². The fraction of sp³-hybridized carbons (Fsp3) is 0.0909. The van der Waals surface area contributed by atoms with E-state index >= 15 is 0 Å². The first-order valence-electron chi connectivity index (χ1n) is 4.90. The third-order valence-corrected chi connectivity index (χ3v) is 2.23. The molecule has 0 aliphatic rings. The number of carbonyl (C=O) groups is 1. The fourth-order valence-electron chi connectivity index (χ4n) is 1.37. The van der Waals surface area contributed by atoms with Crippen LogP contribution < -0.4 is 5.32 Å². The predicted octanol–water partition coefficient (Wildman–Crippen LogP) is 1.24. The zero-order valence-electron chi connectivity index (χ0n) is 9.06. The van der Waals surface area contributed by atoms with Crippen LogP contribution in [0.2, 0.25) is 0 Å². The Morgan fingerprint density at radius 2 is 2.18 bits per heavy atom. The van der Waals surface area contributed by atoms with E-state index in [-0.39, 0.29) is 11.6 Å². The first-order valence-corrected chi connectivity index (χ1v) is 4.90. The molecule has 6 heteroatoms. The molecule has 84 valence electrons. The first kappa shape index (κ1) is 10.8. The number of rotatable bonds is 2. The van der Waals surface area contributed by atoms with Crippen LogP contribution in [-0.4, -0.2) is 21.3 Å². The highest BCUT2D eigenvalue weighted by atomic mass is 16.2. The normalized spacial score (nSPS) is 9.65. The number of benzene rings is 1. The van der Waals surface area contributed by atoms with Crippen LogP contribution in [0, 0.1) is 18.3 Å². The van der Waals surface area contributed by atoms with Crippen LogP contribution in [0.5, 0.6) is 0 Å². The Morgan fingerprint density at radius 1 is 1.41 bits per heavy atom. The molecule has 1 aromatic carbocycles. The summed E-state index contributed by atoms with van der Waals surface area (Å²) in [7, 11) is 0. The number of anilines is 1. The van der Waals surface area contributed by atoms with Gasteiger partial charge in [-0.1, -0.05) is 12.1 Å². The summed E-state index contributed by atoms with van der Waals surface area (Å²) in [6, 6.07) is 8.76. The second-order valence-corrected chi connectivity index (χ2v) is 3.37. The van der Waals surface area contributed by atoms with Crippen LogP contribution in [0.15, 0.2) is 24.3 Å². The summed E-state index contributed by atoms with van der Waals surface area (Å²) in [6.45, 7) is 1.68. The number of H-pyrrole nitrogens is 1. The molecule has 0 aliphatic carbocycles. The minimum Gasteiger partial charge on any atom is -0.319 e. The van der Waals surface area contributed by atoms with Gasteiger partial charge in [-0.05, 0) is 19.1 Å². The van der Waals surface area contributed by atoms with Gasteiger partial charge in [0, 0.05) is 0 Å². The van der Waals surface area contributed by atoms with Crippen molar-refractivity contribution in [1.82, 2.24) is 15.4 Å². The van der Waals surface area contributed by atoms with Gasteiger partial charge in [-0.3, -0.25) is 4.79 Å². The van der Waals surface area contributed by atoms with Crippen LogP contribution in [0.1, 0.15) is 21.7 Å². The number of aromatic nitrogens is 3. The average Bonchev–Trinajstić information content (AvgIpc) is 2.76. The Bertz CT molecular complexity index is 596. The number of aryl methyl sites for hydroxylation is 1. The lowest BCUT2D eigenvalue weighted by molar-refractivity contribution is 0.102. The topological polar surface area (TPSA) is 94.5 Å². The van der Waals surface area contributed by atoms with E-state index in [1.54, 1.807) is 31.2 Å². The average molecular weight is 227 g/mol. The maximum Gasteiger partial charge on any atom is 0.278 e. The maximum atomic E-state index is 11.8. The number of para-hydroxylation sites is 1. The highest BCUT2D eigenvalue weighted by Gasteiger charge is 2.14. The number of hydrogen-bond acceptors (Lipinski definition) is 4. The molecule has 17 heavy (non-hydrogen) atoms. The molecule has 0 fully saturated rings. The molecule has 0 unspecified atom stereocenters. The van der Waals surface area contributed by atoms with Gasteiger partial charge in [-0.15, -0.1) is 0 Å². The van der Waals surface area contributed by atoms with Gasteiger partial charge in [0.1, 0.15) is 6.07 Å². The van der Waals surface area contributed by atoms with Crippen molar-refractivity contribution in [2.75, 3.05) is 5.32 Å². The number of nitrogens with zero attached hydrogens (tertiary/aromatic N) is 3. The van der Waals surface area contributed by atoms with Crippen molar-refractivity contribution in [1.29, 1.82) is 5.26 Å². The molecule has 0 atom stereocenters. The summed E-state index contributed by atoms with van der Waals surface area (Å²) in [4.78, 5) is 11.8. The van der Waals surface area contributed by atoms with E-state index < -0.39 is 0 Å². The van der Waals surface area contributed by atoms with Crippen molar-refractivity contribution in [2.24, 2.45) is 0 Å². The highest BCUT2D eigenvalue weighted by Crippen LogP contribution is 2.14. The summed E-state index contributed by atoms with van der Waals surface area (Å²) >= 11 is 0. The lowest BCUT2D eigenvalue weighted by Crippen LogP contribution is -2.14.